The maximum absolute atomic E-state index is 14.2. The molecular weight excluding hydrogens is 353 g/mol. The Morgan fingerprint density at radius 1 is 1.07 bits per heavy atom. The maximum Gasteiger partial charge on any atom is 0.150 e. The van der Waals surface area contributed by atoms with Gasteiger partial charge in [-0.3, -0.25) is 0 Å². The van der Waals surface area contributed by atoms with E-state index < -0.39 is 11.6 Å². The van der Waals surface area contributed by atoms with E-state index in [4.69, 9.17) is 4.79 Å². The van der Waals surface area contributed by atoms with Crippen molar-refractivity contribution in [3.05, 3.63) is 59.4 Å². The summed E-state index contributed by atoms with van der Waals surface area (Å²) in [6.07, 6.45) is 2.83. The Hall–Kier alpha value is -2.60. The van der Waals surface area contributed by atoms with Crippen LogP contribution >= 0.6 is 0 Å². The van der Waals surface area contributed by atoms with Crippen LogP contribution in [0.25, 0.3) is 22.2 Å². The van der Waals surface area contributed by atoms with Crippen LogP contribution in [0.4, 0.5) is 13.2 Å². The van der Waals surface area contributed by atoms with Crippen molar-refractivity contribution in [2.45, 2.75) is 25.3 Å². The van der Waals surface area contributed by atoms with Crippen molar-refractivity contribution in [2.75, 3.05) is 7.05 Å². The zero-order valence-corrected chi connectivity index (χ0v) is 15.0. The van der Waals surface area contributed by atoms with Gasteiger partial charge in [0.2, 0.25) is 0 Å². The van der Waals surface area contributed by atoms with Crippen LogP contribution in [-0.4, -0.2) is 24.9 Å². The fourth-order valence-electron chi connectivity index (χ4n) is 3.78. The third-order valence-electron chi connectivity index (χ3n) is 5.20. The number of benzene rings is 2. The van der Waals surface area contributed by atoms with Crippen molar-refractivity contribution in [2.24, 2.45) is 5.92 Å². The molecule has 1 heterocycles. The van der Waals surface area contributed by atoms with Gasteiger partial charge >= 0.3 is 0 Å². The quantitative estimate of drug-likeness (QED) is 0.701. The second kappa shape index (κ2) is 7.96. The Morgan fingerprint density at radius 2 is 1.74 bits per heavy atom. The number of fused-ring (bicyclic) bond motifs is 1. The second-order valence-electron chi connectivity index (χ2n) is 6.82. The molecule has 3 nitrogen and oxygen atoms in total. The van der Waals surface area contributed by atoms with Gasteiger partial charge in [0.25, 0.3) is 0 Å². The summed E-state index contributed by atoms with van der Waals surface area (Å²) in [5.74, 6) is -1.04. The topological polar surface area (TPSA) is 44.9 Å². The summed E-state index contributed by atoms with van der Waals surface area (Å²) in [5.41, 5.74) is 2.73. The smallest absolute Gasteiger partial charge is 0.150 e. The second-order valence-corrected chi connectivity index (χ2v) is 6.82. The third-order valence-corrected chi connectivity index (χ3v) is 5.20. The first-order valence-corrected chi connectivity index (χ1v) is 8.77. The summed E-state index contributed by atoms with van der Waals surface area (Å²) < 4.78 is 41.3. The largest absolute Gasteiger partial charge is 0.352 e. The van der Waals surface area contributed by atoms with Gasteiger partial charge in [0.15, 0.2) is 0 Å². The normalized spacial score (nSPS) is 18.7. The molecule has 6 heteroatoms. The molecule has 0 bridgehead atoms. The van der Waals surface area contributed by atoms with Gasteiger partial charge in [0.05, 0.1) is 5.52 Å². The first-order chi connectivity index (χ1) is 13.0. The van der Waals surface area contributed by atoms with E-state index in [9.17, 15) is 13.2 Å². The number of aromatic nitrogens is 1. The lowest BCUT2D eigenvalue weighted by Crippen LogP contribution is -2.39. The summed E-state index contributed by atoms with van der Waals surface area (Å²) in [5, 5.41) is 3.82. The first kappa shape index (κ1) is 19.2. The van der Waals surface area contributed by atoms with E-state index in [1.54, 1.807) is 12.1 Å². The summed E-state index contributed by atoms with van der Waals surface area (Å²) in [6, 6.07) is 8.86. The number of halogens is 3. The van der Waals surface area contributed by atoms with Gasteiger partial charge in [0, 0.05) is 23.2 Å². The zero-order chi connectivity index (χ0) is 19.6. The van der Waals surface area contributed by atoms with Crippen LogP contribution in [0, 0.1) is 23.4 Å². The van der Waals surface area contributed by atoms with E-state index >= 15 is 0 Å². The van der Waals surface area contributed by atoms with Crippen molar-refractivity contribution in [3.63, 3.8) is 0 Å². The molecule has 0 unspecified atom stereocenters. The fraction of sp³-hybridized carbons (Fsp3) is 0.286. The Kier molecular flexibility index (Phi) is 5.65. The van der Waals surface area contributed by atoms with E-state index in [0.717, 1.165) is 42.1 Å². The molecule has 2 N–H and O–H groups in total. The predicted molar refractivity (Wildman–Crippen MR) is 100 cm³/mol. The molecule has 0 saturated heterocycles. The molecule has 2 aromatic carbocycles. The van der Waals surface area contributed by atoms with Crippen molar-refractivity contribution in [1.82, 2.24) is 10.3 Å². The van der Waals surface area contributed by atoms with Crippen molar-refractivity contribution in [1.29, 1.82) is 0 Å². The first-order valence-electron chi connectivity index (χ1n) is 8.77. The fourth-order valence-corrected chi connectivity index (χ4v) is 3.78. The minimum absolute atomic E-state index is 0.306. The third kappa shape index (κ3) is 3.76. The van der Waals surface area contributed by atoms with Crippen LogP contribution in [0.3, 0.4) is 0 Å². The van der Waals surface area contributed by atoms with E-state index in [2.05, 4.69) is 10.3 Å². The lowest BCUT2D eigenvalue weighted by atomic mass is 9.76. The van der Waals surface area contributed by atoms with Gasteiger partial charge in [-0.15, -0.1) is 0 Å². The molecule has 0 atom stereocenters. The molecule has 1 aliphatic rings. The Morgan fingerprint density at radius 3 is 2.37 bits per heavy atom. The number of carbonyl (C=O) groups excluding carboxylic acids is 1. The monoisotopic (exact) mass is 374 g/mol. The van der Waals surface area contributed by atoms with Gasteiger partial charge in [-0.1, -0.05) is 0 Å². The standard InChI is InChI=1S/C20H19F3N2.CH2O/c1-24-15-6-11(7-15)8-16-17-9-14(22)10-18(23)20(17)25-19(16)12-2-4-13(21)5-3-12;1-2/h2-5,9-11,15,24-25H,6-8H2,1H3;1H2. The van der Waals surface area contributed by atoms with Gasteiger partial charge in [-0.2, -0.15) is 0 Å². The van der Waals surface area contributed by atoms with Gasteiger partial charge < -0.3 is 15.1 Å². The highest BCUT2D eigenvalue weighted by atomic mass is 19.1. The van der Waals surface area contributed by atoms with E-state index in [1.807, 2.05) is 13.8 Å². The Labute approximate surface area is 155 Å². The van der Waals surface area contributed by atoms with Crippen LogP contribution in [-0.2, 0) is 11.2 Å². The average Bonchev–Trinajstić information content (AvgIpc) is 2.99. The number of rotatable bonds is 4. The maximum atomic E-state index is 14.2. The minimum atomic E-state index is -0.605. The van der Waals surface area contributed by atoms with Crippen molar-refractivity contribution >= 4 is 17.7 Å². The molecule has 1 saturated carbocycles. The molecule has 0 aliphatic heterocycles. The zero-order valence-electron chi connectivity index (χ0n) is 15.0. The summed E-state index contributed by atoms with van der Waals surface area (Å²) in [6.45, 7) is 2.00. The van der Waals surface area contributed by atoms with E-state index in [-0.39, 0.29) is 5.82 Å². The molecule has 0 amide bonds. The molecule has 4 rings (SSSR count). The minimum Gasteiger partial charge on any atom is -0.352 e. The molecule has 1 aliphatic carbocycles. The molecule has 1 fully saturated rings. The molecule has 1 aromatic heterocycles. The number of H-pyrrole nitrogens is 1. The number of aromatic amines is 1. The molecule has 0 spiro atoms. The van der Waals surface area contributed by atoms with Crippen LogP contribution in [0.15, 0.2) is 36.4 Å². The van der Waals surface area contributed by atoms with Gasteiger partial charge in [-0.25, -0.2) is 13.2 Å². The highest BCUT2D eigenvalue weighted by Gasteiger charge is 2.30. The van der Waals surface area contributed by atoms with Crippen molar-refractivity contribution < 1.29 is 18.0 Å². The number of hydrogen-bond donors (Lipinski definition) is 2. The molecular formula is C21H21F3N2O. The number of nitrogens with one attached hydrogen (secondary N) is 2. The van der Waals surface area contributed by atoms with E-state index in [1.165, 1.54) is 18.2 Å². The lowest BCUT2D eigenvalue weighted by Gasteiger charge is -2.35. The van der Waals surface area contributed by atoms with Crippen LogP contribution in [0.2, 0.25) is 0 Å². The van der Waals surface area contributed by atoms with Crippen LogP contribution < -0.4 is 5.32 Å². The lowest BCUT2D eigenvalue weighted by molar-refractivity contribution is -0.0979. The van der Waals surface area contributed by atoms with Crippen LogP contribution in [0.5, 0.6) is 0 Å². The van der Waals surface area contributed by atoms with Gasteiger partial charge in [-0.05, 0) is 73.7 Å². The molecule has 27 heavy (non-hydrogen) atoms. The highest BCUT2D eigenvalue weighted by Crippen LogP contribution is 2.38. The van der Waals surface area contributed by atoms with E-state index in [0.29, 0.717) is 22.9 Å². The predicted octanol–water partition coefficient (Wildman–Crippen LogP) is 4.61. The highest BCUT2D eigenvalue weighted by molar-refractivity contribution is 5.91. The van der Waals surface area contributed by atoms with Crippen LogP contribution in [0.1, 0.15) is 18.4 Å². The number of carbonyl (C=O) groups is 1. The average molecular weight is 374 g/mol. The Bertz CT molecular complexity index is 931. The summed E-state index contributed by atoms with van der Waals surface area (Å²) >= 11 is 0. The molecule has 0 radical (unpaired) electrons. The number of hydrogen-bond acceptors (Lipinski definition) is 2. The summed E-state index contributed by atoms with van der Waals surface area (Å²) in [7, 11) is 1.95. The van der Waals surface area contributed by atoms with Crippen molar-refractivity contribution in [3.8, 4) is 11.3 Å². The molecule has 142 valence electrons. The SMILES string of the molecule is C=O.CNC1CC(Cc2c(-c3ccc(F)cc3)[nH]c3c(F)cc(F)cc23)C1. The Balaban J connectivity index is 0.00000102. The summed E-state index contributed by atoms with van der Waals surface area (Å²) in [4.78, 5) is 11.1. The molecule has 3 aromatic rings. The van der Waals surface area contributed by atoms with Gasteiger partial charge in [0.1, 0.15) is 24.2 Å².